The van der Waals surface area contributed by atoms with Gasteiger partial charge in [-0.1, -0.05) is 11.6 Å². The lowest BCUT2D eigenvalue weighted by Gasteiger charge is -2.10. The Morgan fingerprint density at radius 2 is 1.90 bits per heavy atom. The molecular formula is C11H6Br2ClFN2O2S. The quantitative estimate of drug-likeness (QED) is 0.722. The molecule has 2 aromatic rings. The van der Waals surface area contributed by atoms with Gasteiger partial charge in [0.15, 0.2) is 0 Å². The van der Waals surface area contributed by atoms with Crippen LogP contribution in [0.5, 0.6) is 0 Å². The molecule has 0 aliphatic carbocycles. The van der Waals surface area contributed by atoms with Crippen molar-refractivity contribution in [3.05, 3.63) is 50.4 Å². The Hall–Kier alpha value is -0.700. The Labute approximate surface area is 136 Å². The highest BCUT2D eigenvalue weighted by Gasteiger charge is 2.18. The van der Waals surface area contributed by atoms with Crippen molar-refractivity contribution in [3.63, 3.8) is 0 Å². The van der Waals surface area contributed by atoms with Crippen molar-refractivity contribution < 1.29 is 12.8 Å². The lowest BCUT2D eigenvalue weighted by Crippen LogP contribution is -2.14. The van der Waals surface area contributed by atoms with Crippen LogP contribution in [0.2, 0.25) is 5.15 Å². The number of sulfonamides is 1. The van der Waals surface area contributed by atoms with Gasteiger partial charge in [-0.2, -0.15) is 0 Å². The molecule has 1 N–H and O–H groups in total. The second-order valence-corrected chi connectivity index (χ2v) is 7.39. The SMILES string of the molecule is O=S(=O)(Nc1cnc(Cl)c(Br)c1)c1ccc(F)cc1Br. The maximum absolute atomic E-state index is 13.0. The largest absolute Gasteiger partial charge is 0.278 e. The lowest BCUT2D eigenvalue weighted by molar-refractivity contribution is 0.599. The minimum absolute atomic E-state index is 0.0787. The topological polar surface area (TPSA) is 59.1 Å². The van der Waals surface area contributed by atoms with Gasteiger partial charge in [-0.25, -0.2) is 17.8 Å². The number of aromatic nitrogens is 1. The van der Waals surface area contributed by atoms with Crippen molar-refractivity contribution in [2.45, 2.75) is 4.90 Å². The first-order valence-electron chi connectivity index (χ1n) is 5.08. The molecule has 0 spiro atoms. The molecule has 0 unspecified atom stereocenters. The molecular weight excluding hydrogens is 438 g/mol. The van der Waals surface area contributed by atoms with Crippen LogP contribution in [0.25, 0.3) is 0 Å². The van der Waals surface area contributed by atoms with Crippen LogP contribution in [-0.2, 0) is 10.0 Å². The molecule has 106 valence electrons. The van der Waals surface area contributed by atoms with E-state index >= 15 is 0 Å². The van der Waals surface area contributed by atoms with Crippen LogP contribution in [0.3, 0.4) is 0 Å². The Morgan fingerprint density at radius 3 is 2.50 bits per heavy atom. The molecule has 4 nitrogen and oxygen atoms in total. The molecule has 0 saturated heterocycles. The first-order chi connectivity index (χ1) is 9.29. The van der Waals surface area contributed by atoms with E-state index in [1.165, 1.54) is 18.3 Å². The number of nitrogens with zero attached hydrogens (tertiary/aromatic N) is 1. The maximum atomic E-state index is 13.0. The van der Waals surface area contributed by atoms with Crippen LogP contribution in [0, 0.1) is 5.82 Å². The number of rotatable bonds is 3. The van der Waals surface area contributed by atoms with E-state index < -0.39 is 15.8 Å². The average molecular weight is 445 g/mol. The number of pyridine rings is 1. The minimum atomic E-state index is -3.86. The number of benzene rings is 1. The summed E-state index contributed by atoms with van der Waals surface area (Å²) in [5, 5.41) is 0.218. The summed E-state index contributed by atoms with van der Waals surface area (Å²) in [7, 11) is -3.86. The van der Waals surface area contributed by atoms with Gasteiger partial charge in [-0.15, -0.1) is 0 Å². The maximum Gasteiger partial charge on any atom is 0.263 e. The molecule has 0 aliphatic rings. The first-order valence-corrected chi connectivity index (χ1v) is 8.53. The number of hydrogen-bond acceptors (Lipinski definition) is 3. The van der Waals surface area contributed by atoms with Gasteiger partial charge in [0.1, 0.15) is 15.9 Å². The van der Waals surface area contributed by atoms with Crippen LogP contribution >= 0.6 is 43.5 Å². The summed E-state index contributed by atoms with van der Waals surface area (Å²) in [4.78, 5) is 3.73. The summed E-state index contributed by atoms with van der Waals surface area (Å²) >= 11 is 11.9. The van der Waals surface area contributed by atoms with E-state index in [0.717, 1.165) is 12.1 Å². The highest BCUT2D eigenvalue weighted by molar-refractivity contribution is 9.10. The summed E-state index contributed by atoms with van der Waals surface area (Å²) in [5.74, 6) is -0.535. The normalized spacial score (nSPS) is 11.4. The standard InChI is InChI=1S/C11H6Br2ClFN2O2S/c12-8-3-6(15)1-2-10(8)20(18,19)17-7-4-9(13)11(14)16-5-7/h1-5,17H. The molecule has 1 heterocycles. The molecule has 0 radical (unpaired) electrons. The summed E-state index contributed by atoms with van der Waals surface area (Å²) in [6, 6.07) is 4.78. The minimum Gasteiger partial charge on any atom is -0.278 e. The smallest absolute Gasteiger partial charge is 0.263 e. The molecule has 1 aromatic carbocycles. The van der Waals surface area contributed by atoms with Crippen molar-refractivity contribution >= 4 is 59.2 Å². The Bertz CT molecular complexity index is 771. The summed E-state index contributed by atoms with van der Waals surface area (Å²) in [6.45, 7) is 0. The van der Waals surface area contributed by atoms with E-state index in [-0.39, 0.29) is 20.2 Å². The van der Waals surface area contributed by atoms with Crippen LogP contribution < -0.4 is 4.72 Å². The fourth-order valence-electron chi connectivity index (χ4n) is 1.38. The third kappa shape index (κ3) is 3.49. The molecule has 0 atom stereocenters. The van der Waals surface area contributed by atoms with Crippen molar-refractivity contribution in [1.29, 1.82) is 0 Å². The van der Waals surface area contributed by atoms with Gasteiger partial charge in [0.25, 0.3) is 10.0 Å². The highest BCUT2D eigenvalue weighted by Crippen LogP contribution is 2.27. The van der Waals surface area contributed by atoms with Crippen LogP contribution in [-0.4, -0.2) is 13.4 Å². The van der Waals surface area contributed by atoms with Crippen molar-refractivity contribution in [1.82, 2.24) is 4.98 Å². The van der Waals surface area contributed by atoms with E-state index in [2.05, 4.69) is 41.6 Å². The molecule has 1 aromatic heterocycles. The molecule has 0 bridgehead atoms. The Kier molecular flexibility index (Phi) is 4.68. The molecule has 0 saturated carbocycles. The number of anilines is 1. The molecule has 2 rings (SSSR count). The molecule has 0 fully saturated rings. The fourth-order valence-corrected chi connectivity index (χ4v) is 3.92. The summed E-state index contributed by atoms with van der Waals surface area (Å²) in [6.07, 6.45) is 1.28. The molecule has 0 aliphatic heterocycles. The van der Waals surface area contributed by atoms with Gasteiger partial charge in [-0.05, 0) is 56.1 Å². The fraction of sp³-hybridized carbons (Fsp3) is 0. The summed E-state index contributed by atoms with van der Waals surface area (Å²) in [5.41, 5.74) is 0.234. The van der Waals surface area contributed by atoms with Gasteiger partial charge < -0.3 is 0 Å². The second-order valence-electron chi connectivity index (χ2n) is 3.68. The molecule has 20 heavy (non-hydrogen) atoms. The molecule has 0 amide bonds. The van der Waals surface area contributed by atoms with E-state index in [0.29, 0.717) is 4.47 Å². The summed E-state index contributed by atoms with van der Waals surface area (Å²) < 4.78 is 40.3. The van der Waals surface area contributed by atoms with Gasteiger partial charge in [0.2, 0.25) is 0 Å². The third-order valence-corrected chi connectivity index (χ3v) is 5.72. The van der Waals surface area contributed by atoms with E-state index in [1.807, 2.05) is 0 Å². The van der Waals surface area contributed by atoms with E-state index in [9.17, 15) is 12.8 Å². The van der Waals surface area contributed by atoms with Gasteiger partial charge in [0, 0.05) is 4.47 Å². The zero-order chi connectivity index (χ0) is 14.9. The second kappa shape index (κ2) is 5.97. The zero-order valence-corrected chi connectivity index (χ0v) is 14.3. The van der Waals surface area contributed by atoms with Crippen molar-refractivity contribution in [2.75, 3.05) is 4.72 Å². The lowest BCUT2D eigenvalue weighted by atomic mass is 10.3. The first kappa shape index (κ1) is 15.7. The van der Waals surface area contributed by atoms with Crippen LogP contribution in [0.1, 0.15) is 0 Å². The van der Waals surface area contributed by atoms with E-state index in [1.54, 1.807) is 0 Å². The third-order valence-electron chi connectivity index (χ3n) is 2.23. The van der Waals surface area contributed by atoms with Crippen LogP contribution in [0.15, 0.2) is 44.3 Å². The Balaban J connectivity index is 2.38. The Morgan fingerprint density at radius 1 is 1.20 bits per heavy atom. The van der Waals surface area contributed by atoms with Gasteiger partial charge >= 0.3 is 0 Å². The average Bonchev–Trinajstić information content (AvgIpc) is 2.33. The van der Waals surface area contributed by atoms with Gasteiger partial charge in [0.05, 0.1) is 16.4 Å². The number of hydrogen-bond donors (Lipinski definition) is 1. The monoisotopic (exact) mass is 442 g/mol. The zero-order valence-electron chi connectivity index (χ0n) is 9.57. The van der Waals surface area contributed by atoms with Crippen molar-refractivity contribution in [3.8, 4) is 0 Å². The molecule has 9 heteroatoms. The van der Waals surface area contributed by atoms with E-state index in [4.69, 9.17) is 11.6 Å². The predicted molar refractivity (Wildman–Crippen MR) is 81.9 cm³/mol. The van der Waals surface area contributed by atoms with Crippen molar-refractivity contribution in [2.24, 2.45) is 0 Å². The highest BCUT2D eigenvalue weighted by atomic mass is 79.9. The van der Waals surface area contributed by atoms with Gasteiger partial charge in [-0.3, -0.25) is 4.72 Å². The predicted octanol–water partition coefficient (Wildman–Crippen LogP) is 4.20. The van der Waals surface area contributed by atoms with Crippen LogP contribution in [0.4, 0.5) is 10.1 Å². The number of nitrogens with one attached hydrogen (secondary N) is 1. The number of halogens is 4.